The van der Waals surface area contributed by atoms with Gasteiger partial charge in [-0.25, -0.2) is 4.98 Å². The summed E-state index contributed by atoms with van der Waals surface area (Å²) in [5, 5.41) is 1.08. The molecule has 4 aromatic rings. The van der Waals surface area contributed by atoms with Gasteiger partial charge in [-0.05, 0) is 42.0 Å². The van der Waals surface area contributed by atoms with Gasteiger partial charge in [0.1, 0.15) is 23.9 Å². The van der Waals surface area contributed by atoms with E-state index < -0.39 is 0 Å². The molecule has 0 aliphatic heterocycles. The molecule has 0 spiro atoms. The Morgan fingerprint density at radius 1 is 0.893 bits per heavy atom. The molecule has 4 nitrogen and oxygen atoms in total. The number of halogens is 2. The van der Waals surface area contributed by atoms with Crippen LogP contribution < -0.4 is 9.47 Å². The Balaban J connectivity index is 1.65. The van der Waals surface area contributed by atoms with Crippen LogP contribution in [0.3, 0.4) is 0 Å². The first-order valence-corrected chi connectivity index (χ1v) is 9.54. The highest BCUT2D eigenvalue weighted by molar-refractivity contribution is 6.42. The fourth-order valence-corrected chi connectivity index (χ4v) is 3.39. The zero-order valence-electron chi connectivity index (χ0n) is 15.2. The van der Waals surface area contributed by atoms with Gasteiger partial charge >= 0.3 is 0 Å². The fraction of sp³-hybridized carbons (Fsp3) is 0.136. The third kappa shape index (κ3) is 3.93. The number of imidazole rings is 1. The second-order valence-electron chi connectivity index (χ2n) is 6.32. The van der Waals surface area contributed by atoms with Crippen molar-refractivity contribution in [3.63, 3.8) is 0 Å². The summed E-state index contributed by atoms with van der Waals surface area (Å²) in [5.41, 5.74) is 3.00. The molecule has 1 aromatic heterocycles. The van der Waals surface area contributed by atoms with Gasteiger partial charge < -0.3 is 14.0 Å². The van der Waals surface area contributed by atoms with E-state index in [0.29, 0.717) is 23.2 Å². The minimum Gasteiger partial charge on any atom is -0.497 e. The molecule has 0 aliphatic rings. The number of rotatable bonds is 6. The molecular weight excluding hydrogens is 395 g/mol. The number of para-hydroxylation sites is 2. The quantitative estimate of drug-likeness (QED) is 0.390. The summed E-state index contributed by atoms with van der Waals surface area (Å²) in [7, 11) is 1.63. The van der Waals surface area contributed by atoms with E-state index in [2.05, 4.69) is 10.6 Å². The SMILES string of the molecule is COc1cccc(OCc2nc3ccccc3n2Cc2ccc(Cl)c(Cl)c2)c1. The number of hydrogen-bond donors (Lipinski definition) is 0. The van der Waals surface area contributed by atoms with Crippen LogP contribution in [0.4, 0.5) is 0 Å². The van der Waals surface area contributed by atoms with Gasteiger partial charge in [0.05, 0.1) is 28.2 Å². The third-order valence-corrected chi connectivity index (χ3v) is 5.21. The Morgan fingerprint density at radius 2 is 1.71 bits per heavy atom. The number of fused-ring (bicyclic) bond motifs is 1. The first-order chi connectivity index (χ1) is 13.6. The maximum Gasteiger partial charge on any atom is 0.148 e. The lowest BCUT2D eigenvalue weighted by Gasteiger charge is -2.12. The van der Waals surface area contributed by atoms with Gasteiger partial charge in [-0.1, -0.05) is 47.5 Å². The lowest BCUT2D eigenvalue weighted by atomic mass is 10.2. The van der Waals surface area contributed by atoms with E-state index >= 15 is 0 Å². The Morgan fingerprint density at radius 3 is 2.54 bits per heavy atom. The van der Waals surface area contributed by atoms with Crippen molar-refractivity contribution >= 4 is 34.2 Å². The molecule has 142 valence electrons. The number of benzene rings is 3. The Labute approximate surface area is 173 Å². The Kier molecular flexibility index (Phi) is 5.42. The number of nitrogens with zero attached hydrogens (tertiary/aromatic N) is 2. The molecule has 0 saturated heterocycles. The van der Waals surface area contributed by atoms with Crippen LogP contribution in [-0.2, 0) is 13.2 Å². The molecule has 0 amide bonds. The van der Waals surface area contributed by atoms with Crippen molar-refractivity contribution in [1.82, 2.24) is 9.55 Å². The topological polar surface area (TPSA) is 36.3 Å². The van der Waals surface area contributed by atoms with Crippen LogP contribution in [0.15, 0.2) is 66.7 Å². The molecule has 0 fully saturated rings. The highest BCUT2D eigenvalue weighted by atomic mass is 35.5. The second-order valence-corrected chi connectivity index (χ2v) is 7.13. The molecule has 0 N–H and O–H groups in total. The number of ether oxygens (including phenoxy) is 2. The predicted octanol–water partition coefficient (Wildman–Crippen LogP) is 5.98. The van der Waals surface area contributed by atoms with Crippen molar-refractivity contribution < 1.29 is 9.47 Å². The monoisotopic (exact) mass is 412 g/mol. The molecule has 1 heterocycles. The zero-order valence-corrected chi connectivity index (χ0v) is 16.7. The summed E-state index contributed by atoms with van der Waals surface area (Å²) in [6.07, 6.45) is 0. The van der Waals surface area contributed by atoms with Crippen molar-refractivity contribution in [1.29, 1.82) is 0 Å². The molecule has 0 unspecified atom stereocenters. The summed E-state index contributed by atoms with van der Waals surface area (Å²) in [6, 6.07) is 21.2. The minimum absolute atomic E-state index is 0.336. The highest BCUT2D eigenvalue weighted by Crippen LogP contribution is 2.25. The molecule has 4 rings (SSSR count). The molecule has 3 aromatic carbocycles. The number of hydrogen-bond acceptors (Lipinski definition) is 3. The van der Waals surface area contributed by atoms with Crippen LogP contribution in [0.5, 0.6) is 11.5 Å². The Hall–Kier alpha value is -2.69. The van der Waals surface area contributed by atoms with Crippen LogP contribution >= 0.6 is 23.2 Å². The van der Waals surface area contributed by atoms with Crippen molar-refractivity contribution in [2.45, 2.75) is 13.2 Å². The molecule has 0 aliphatic carbocycles. The standard InChI is InChI=1S/C22H18Cl2N2O2/c1-27-16-5-4-6-17(12-16)28-14-22-25-20-7-2-3-8-21(20)26(22)13-15-9-10-18(23)19(24)11-15/h2-12H,13-14H2,1H3. The van der Waals surface area contributed by atoms with E-state index in [-0.39, 0.29) is 0 Å². The van der Waals surface area contributed by atoms with E-state index in [1.54, 1.807) is 7.11 Å². The van der Waals surface area contributed by atoms with E-state index in [1.807, 2.05) is 60.7 Å². The van der Waals surface area contributed by atoms with E-state index in [1.165, 1.54) is 0 Å². The summed E-state index contributed by atoms with van der Waals surface area (Å²) in [5.74, 6) is 2.31. The smallest absolute Gasteiger partial charge is 0.148 e. The van der Waals surface area contributed by atoms with Crippen LogP contribution in [-0.4, -0.2) is 16.7 Å². The van der Waals surface area contributed by atoms with Gasteiger partial charge in [-0.3, -0.25) is 0 Å². The second kappa shape index (κ2) is 8.13. The van der Waals surface area contributed by atoms with Gasteiger partial charge in [-0.2, -0.15) is 0 Å². The van der Waals surface area contributed by atoms with Gasteiger partial charge in [0, 0.05) is 12.6 Å². The number of aromatic nitrogens is 2. The normalized spacial score (nSPS) is 11.0. The van der Waals surface area contributed by atoms with E-state index in [9.17, 15) is 0 Å². The van der Waals surface area contributed by atoms with Gasteiger partial charge in [0.2, 0.25) is 0 Å². The van der Waals surface area contributed by atoms with Crippen LogP contribution in [0.1, 0.15) is 11.4 Å². The van der Waals surface area contributed by atoms with E-state index in [4.69, 9.17) is 37.7 Å². The largest absolute Gasteiger partial charge is 0.497 e. The van der Waals surface area contributed by atoms with Gasteiger partial charge in [0.15, 0.2) is 0 Å². The predicted molar refractivity (Wildman–Crippen MR) is 113 cm³/mol. The summed E-state index contributed by atoms with van der Waals surface area (Å²) >= 11 is 12.2. The number of methoxy groups -OCH3 is 1. The van der Waals surface area contributed by atoms with Crippen molar-refractivity contribution in [2.24, 2.45) is 0 Å². The molecular formula is C22H18Cl2N2O2. The van der Waals surface area contributed by atoms with Crippen LogP contribution in [0.25, 0.3) is 11.0 Å². The molecule has 28 heavy (non-hydrogen) atoms. The van der Waals surface area contributed by atoms with Crippen LogP contribution in [0.2, 0.25) is 10.0 Å². The van der Waals surface area contributed by atoms with Gasteiger partial charge in [0.25, 0.3) is 0 Å². The first-order valence-electron chi connectivity index (χ1n) is 8.79. The average Bonchev–Trinajstić information content (AvgIpc) is 3.07. The molecule has 0 radical (unpaired) electrons. The van der Waals surface area contributed by atoms with Crippen molar-refractivity contribution in [3.8, 4) is 11.5 Å². The van der Waals surface area contributed by atoms with E-state index in [0.717, 1.165) is 33.9 Å². The first kappa shape index (κ1) is 18.7. The zero-order chi connectivity index (χ0) is 19.5. The highest BCUT2D eigenvalue weighted by Gasteiger charge is 2.12. The van der Waals surface area contributed by atoms with Gasteiger partial charge in [-0.15, -0.1) is 0 Å². The summed E-state index contributed by atoms with van der Waals surface area (Å²) in [4.78, 5) is 4.75. The molecule has 0 atom stereocenters. The average molecular weight is 413 g/mol. The maximum absolute atomic E-state index is 6.19. The van der Waals surface area contributed by atoms with Crippen molar-refractivity contribution in [3.05, 3.63) is 88.2 Å². The lowest BCUT2D eigenvalue weighted by Crippen LogP contribution is -2.08. The maximum atomic E-state index is 6.19. The minimum atomic E-state index is 0.336. The molecule has 0 bridgehead atoms. The third-order valence-electron chi connectivity index (χ3n) is 4.47. The van der Waals surface area contributed by atoms with Crippen molar-refractivity contribution in [2.75, 3.05) is 7.11 Å². The molecule has 0 saturated carbocycles. The fourth-order valence-electron chi connectivity index (χ4n) is 3.07. The van der Waals surface area contributed by atoms with Crippen LogP contribution in [0, 0.1) is 0 Å². The summed E-state index contributed by atoms with van der Waals surface area (Å²) in [6.45, 7) is 0.956. The summed E-state index contributed by atoms with van der Waals surface area (Å²) < 4.78 is 13.4. The molecule has 6 heteroatoms. The Bertz CT molecular complexity index is 1120. The lowest BCUT2D eigenvalue weighted by molar-refractivity contribution is 0.289.